The summed E-state index contributed by atoms with van der Waals surface area (Å²) in [5.74, 6) is 6.45. The monoisotopic (exact) mass is 1440 g/mol. The Balaban J connectivity index is 0.000000188. The lowest BCUT2D eigenvalue weighted by atomic mass is 10.1. The van der Waals surface area contributed by atoms with Crippen LogP contribution < -0.4 is 37.9 Å². The molecule has 15 heterocycles. The smallest absolute Gasteiger partial charge is 0.373 e. The highest BCUT2D eigenvalue weighted by molar-refractivity contribution is 7.28. The summed E-state index contributed by atoms with van der Waals surface area (Å²) in [7, 11) is 0. The normalized spacial score (nSPS) is 12.5. The highest BCUT2D eigenvalue weighted by atomic mass is 32.1. The molecule has 22 nitrogen and oxygen atoms in total. The molecular formula is C73H62N6O16S5. The van der Waals surface area contributed by atoms with Crippen molar-refractivity contribution in [2.45, 2.75) is 73.6 Å². The molecular weight excluding hydrogens is 1380 g/mol. The summed E-state index contributed by atoms with van der Waals surface area (Å²) >= 11 is 8.44. The Morgan fingerprint density at radius 2 is 0.610 bits per heavy atom. The van der Waals surface area contributed by atoms with Gasteiger partial charge in [-0.05, 0) is 158 Å². The lowest BCUT2D eigenvalue weighted by molar-refractivity contribution is -0.193. The molecule has 0 aliphatic carbocycles. The molecule has 510 valence electrons. The Morgan fingerprint density at radius 1 is 0.310 bits per heavy atom. The molecule has 4 aliphatic heterocycles. The second-order valence-electron chi connectivity index (χ2n) is 21.6. The van der Waals surface area contributed by atoms with Gasteiger partial charge in [-0.1, -0.05) is 27.7 Å². The molecule has 0 N–H and O–H groups in total. The first-order chi connectivity index (χ1) is 48.9. The molecule has 0 amide bonds. The van der Waals surface area contributed by atoms with E-state index in [2.05, 4.69) is 124 Å². The maximum absolute atomic E-state index is 8.12. The van der Waals surface area contributed by atoms with Crippen LogP contribution in [0, 0.1) is 13.8 Å². The Labute approximate surface area is 593 Å². The van der Waals surface area contributed by atoms with Crippen molar-refractivity contribution in [3.63, 3.8) is 0 Å². The third-order valence-electron chi connectivity index (χ3n) is 15.5. The number of fused-ring (bicyclic) bond motifs is 4. The van der Waals surface area contributed by atoms with Crippen molar-refractivity contribution in [2.75, 3.05) is 52.9 Å². The predicted octanol–water partition coefficient (Wildman–Crippen LogP) is 15.1. The fraction of sp³-hybridized carbons (Fsp3) is 0.260. The number of rotatable bonds is 13. The van der Waals surface area contributed by atoms with Crippen LogP contribution in [-0.4, -0.2) is 107 Å². The van der Waals surface area contributed by atoms with Gasteiger partial charge in [0.05, 0.1) is 88.0 Å². The van der Waals surface area contributed by atoms with Crippen molar-refractivity contribution < 1.29 is 76.3 Å². The maximum Gasteiger partial charge on any atom is 0.373 e. The first kappa shape index (κ1) is 72.1. The highest BCUT2D eigenvalue weighted by Gasteiger charge is 2.34. The molecule has 0 bridgehead atoms. The van der Waals surface area contributed by atoms with Crippen LogP contribution in [0.1, 0.15) is 66.1 Å². The zero-order valence-electron chi connectivity index (χ0n) is 54.8. The van der Waals surface area contributed by atoms with E-state index in [9.17, 15) is 0 Å². The minimum Gasteiger partial charge on any atom is -0.488 e. The molecule has 11 aromatic heterocycles. The molecule has 0 fully saturated rings. The molecule has 0 unspecified atom stereocenters. The largest absolute Gasteiger partial charge is 0.488 e. The van der Waals surface area contributed by atoms with Gasteiger partial charge in [-0.25, -0.2) is 9.97 Å². The van der Waals surface area contributed by atoms with E-state index in [1.165, 1.54) is 22.3 Å². The van der Waals surface area contributed by atoms with Crippen molar-refractivity contribution in [1.29, 1.82) is 0 Å². The predicted molar refractivity (Wildman–Crippen MR) is 374 cm³/mol. The lowest BCUT2D eigenvalue weighted by Gasteiger charge is -2.18. The van der Waals surface area contributed by atoms with Gasteiger partial charge in [0.1, 0.15) is 39.6 Å². The number of nitrogens with zero attached hydrogens (tertiary/aromatic N) is 6. The van der Waals surface area contributed by atoms with Crippen molar-refractivity contribution in [3.05, 3.63) is 142 Å². The zero-order valence-corrected chi connectivity index (χ0v) is 58.9. The highest BCUT2D eigenvalue weighted by Crippen LogP contribution is 2.62. The van der Waals surface area contributed by atoms with E-state index in [1.54, 1.807) is 56.7 Å². The standard InChI is InChI=1S/C37H33N3O4S3.C32H29N3O4S2.4CO2/c1-4-22-9-11-38-25(17-22)27-18-23(5-2)19-28(40-27)26-20-24(10-12-39-26)29-7-8-30(46-29)35-33-34(44-16-15-43-33)37(47-35)36-32-31(21(3)45-36)41-13-6-14-42-32;1-4-19-6-8-33-22(14-19)24-15-20(5-2)16-25(35-24)23-17-21(7-9-34-23)30-28-29(39-13-12-38-28)32(41-30)31-27-26(18(3)40-31)36-10-11-37-27;4*2-1-3/h7-12,17-20H,4-6,13-16H2,1-3H3;6-9,14-17H,4-5,10-13H2,1-3H3;;;;. The molecule has 0 aromatic carbocycles. The molecule has 0 atom stereocenters. The van der Waals surface area contributed by atoms with E-state index < -0.39 is 0 Å². The first-order valence-electron chi connectivity index (χ1n) is 31.4. The van der Waals surface area contributed by atoms with Gasteiger partial charge in [0.15, 0.2) is 46.0 Å². The molecule has 4 aliphatic rings. The van der Waals surface area contributed by atoms with Crippen LogP contribution in [-0.2, 0) is 64.0 Å². The van der Waals surface area contributed by atoms with Gasteiger partial charge in [-0.3, -0.25) is 19.9 Å². The van der Waals surface area contributed by atoms with Crippen LogP contribution in [0.25, 0.3) is 95.7 Å². The van der Waals surface area contributed by atoms with Crippen LogP contribution in [0.15, 0.2) is 110 Å². The van der Waals surface area contributed by atoms with Gasteiger partial charge in [-0.15, -0.1) is 56.7 Å². The number of aryl methyl sites for hydroxylation is 6. The third-order valence-corrected chi connectivity index (χ3v) is 21.7. The van der Waals surface area contributed by atoms with Gasteiger partial charge in [0, 0.05) is 50.7 Å². The zero-order chi connectivity index (χ0) is 70.7. The van der Waals surface area contributed by atoms with Gasteiger partial charge in [0.25, 0.3) is 0 Å². The summed E-state index contributed by atoms with van der Waals surface area (Å²) in [5, 5.41) is 0. The molecule has 0 saturated carbocycles. The molecule has 11 aromatic rings. The van der Waals surface area contributed by atoms with Crippen molar-refractivity contribution in [1.82, 2.24) is 29.9 Å². The third kappa shape index (κ3) is 16.4. The number of aromatic nitrogens is 6. The number of hydrogen-bond acceptors (Lipinski definition) is 27. The molecule has 0 radical (unpaired) electrons. The lowest BCUT2D eigenvalue weighted by Crippen LogP contribution is -2.15. The van der Waals surface area contributed by atoms with E-state index in [0.717, 1.165) is 184 Å². The second kappa shape index (κ2) is 34.7. The van der Waals surface area contributed by atoms with Gasteiger partial charge in [-0.2, -0.15) is 38.4 Å². The fourth-order valence-corrected chi connectivity index (χ4v) is 16.8. The molecule has 100 heavy (non-hydrogen) atoms. The van der Waals surface area contributed by atoms with E-state index in [0.29, 0.717) is 52.9 Å². The number of thiophene rings is 5. The Kier molecular flexibility index (Phi) is 25.0. The number of ether oxygens (including phenoxy) is 8. The van der Waals surface area contributed by atoms with Gasteiger partial charge in [0.2, 0.25) is 0 Å². The average molecular weight is 1440 g/mol. The Hall–Kier alpha value is -10.7. The molecule has 0 spiro atoms. The van der Waals surface area contributed by atoms with E-state index in [-0.39, 0.29) is 24.6 Å². The van der Waals surface area contributed by atoms with E-state index in [1.807, 2.05) is 36.9 Å². The molecule has 0 saturated heterocycles. The summed E-state index contributed by atoms with van der Waals surface area (Å²) in [5.41, 5.74) is 13.8. The van der Waals surface area contributed by atoms with Gasteiger partial charge < -0.3 is 37.9 Å². The molecule has 27 heteroatoms. The summed E-state index contributed by atoms with van der Waals surface area (Å²) in [6.07, 6.45) is 13.0. The first-order valence-corrected chi connectivity index (χ1v) is 35.5. The molecule has 15 rings (SSSR count). The van der Waals surface area contributed by atoms with Crippen LogP contribution in [0.3, 0.4) is 0 Å². The van der Waals surface area contributed by atoms with Crippen LogP contribution in [0.5, 0.6) is 46.0 Å². The van der Waals surface area contributed by atoms with Crippen molar-refractivity contribution in [2.24, 2.45) is 0 Å². The topological polar surface area (TPSA) is 288 Å². The summed E-state index contributed by atoms with van der Waals surface area (Å²) in [6.45, 7) is 17.2. The van der Waals surface area contributed by atoms with Crippen molar-refractivity contribution in [3.8, 4) is 142 Å². The SMILES string of the molecule is CCc1ccnc(-c2cc(CC)cc(-c3cc(-c4ccc(-c5sc(-c6sc(C)c7c6OCCCO7)c6c5OCCO6)s4)ccn3)n2)c1.CCc1ccnc(-c2cc(CC)cc(-c3cc(-c4sc(-c5sc(C)c6c5OCCO6)c5c4OCCO5)ccn3)n2)c1.O=C=O.O=C=O.O=C=O.O=C=O. The van der Waals surface area contributed by atoms with Crippen LogP contribution >= 0.6 is 56.7 Å². The second-order valence-corrected chi connectivity index (χ2v) is 27.2. The van der Waals surface area contributed by atoms with E-state index >= 15 is 0 Å². The number of hydrogen-bond donors (Lipinski definition) is 0. The van der Waals surface area contributed by atoms with Crippen molar-refractivity contribution >= 4 is 81.3 Å². The summed E-state index contributed by atoms with van der Waals surface area (Å²) in [4.78, 5) is 104. The van der Waals surface area contributed by atoms with Gasteiger partial charge >= 0.3 is 24.6 Å². The minimum absolute atomic E-state index is 0.250. The average Bonchev–Trinajstić information content (AvgIpc) is 1.60. The summed E-state index contributed by atoms with van der Waals surface area (Å²) < 4.78 is 49.2. The quantitative estimate of drug-likeness (QED) is 0.104. The Bertz CT molecular complexity index is 4810. The number of carbonyl (C=O) groups excluding carboxylic acids is 8. The van der Waals surface area contributed by atoms with E-state index in [4.69, 9.17) is 96.2 Å². The Morgan fingerprint density at radius 3 is 1.04 bits per heavy atom. The summed E-state index contributed by atoms with van der Waals surface area (Å²) in [6, 6.07) is 29.5. The number of pyridine rings is 6. The minimum atomic E-state index is 0.250. The maximum atomic E-state index is 8.12. The van der Waals surface area contributed by atoms with Crippen LogP contribution in [0.4, 0.5) is 0 Å². The fourth-order valence-electron chi connectivity index (χ4n) is 11.0. The van der Waals surface area contributed by atoms with Crippen LogP contribution in [0.2, 0.25) is 0 Å².